The molecular weight excluding hydrogens is 234 g/mol. The maximum absolute atomic E-state index is 6.12. The summed E-state index contributed by atoms with van der Waals surface area (Å²) in [6.07, 6.45) is 10.6. The molecule has 2 N–H and O–H groups in total. The summed E-state index contributed by atoms with van der Waals surface area (Å²) in [7, 11) is 0. The first-order valence-corrected chi connectivity index (χ1v) is 7.80. The molecule has 3 rings (SSSR count). The van der Waals surface area contributed by atoms with Gasteiger partial charge in [-0.05, 0) is 56.2 Å². The van der Waals surface area contributed by atoms with E-state index in [1.165, 1.54) is 56.9 Å². The number of hydrogen-bond donors (Lipinski definition) is 1. The zero-order valence-electron chi connectivity index (χ0n) is 11.7. The average molecular weight is 259 g/mol. The van der Waals surface area contributed by atoms with Gasteiger partial charge in [0, 0.05) is 12.0 Å². The highest BCUT2D eigenvalue weighted by Crippen LogP contribution is 2.41. The van der Waals surface area contributed by atoms with Gasteiger partial charge in [0.05, 0.1) is 6.10 Å². The molecule has 1 aromatic carbocycles. The third-order valence-electron chi connectivity index (χ3n) is 5.00. The first kappa shape index (κ1) is 13.0. The minimum atomic E-state index is 0.217. The van der Waals surface area contributed by atoms with Crippen LogP contribution in [0.15, 0.2) is 24.3 Å². The Morgan fingerprint density at radius 1 is 1.11 bits per heavy atom. The Labute approximate surface area is 116 Å². The van der Waals surface area contributed by atoms with E-state index in [0.717, 1.165) is 12.3 Å². The highest BCUT2D eigenvalue weighted by atomic mass is 16.5. The van der Waals surface area contributed by atoms with Gasteiger partial charge in [-0.25, -0.2) is 0 Å². The topological polar surface area (TPSA) is 35.2 Å². The van der Waals surface area contributed by atoms with Crippen LogP contribution in [-0.2, 0) is 5.41 Å². The third-order valence-corrected chi connectivity index (χ3v) is 5.00. The summed E-state index contributed by atoms with van der Waals surface area (Å²) in [5, 5.41) is 0. The average Bonchev–Trinajstić information content (AvgIpc) is 3.10. The van der Waals surface area contributed by atoms with Crippen LogP contribution < -0.4 is 10.5 Å². The number of benzene rings is 1. The van der Waals surface area contributed by atoms with Crippen molar-refractivity contribution in [2.75, 3.05) is 6.54 Å². The molecule has 0 unspecified atom stereocenters. The molecule has 2 heteroatoms. The van der Waals surface area contributed by atoms with Crippen molar-refractivity contribution in [3.05, 3.63) is 29.8 Å². The van der Waals surface area contributed by atoms with Gasteiger partial charge in [-0.15, -0.1) is 0 Å². The largest absolute Gasteiger partial charge is 0.490 e. The van der Waals surface area contributed by atoms with Gasteiger partial charge in [0.15, 0.2) is 0 Å². The minimum absolute atomic E-state index is 0.217. The van der Waals surface area contributed by atoms with Crippen LogP contribution in [0.1, 0.15) is 56.9 Å². The molecule has 0 bridgehead atoms. The summed E-state index contributed by atoms with van der Waals surface area (Å²) in [4.78, 5) is 0. The Balaban J connectivity index is 1.78. The molecule has 0 atom stereocenters. The van der Waals surface area contributed by atoms with Crippen molar-refractivity contribution in [1.29, 1.82) is 0 Å². The standard InChI is InChI=1S/C17H25NO/c18-13-17(10-3-4-11-17)14-6-5-9-16(12-14)19-15-7-1-2-8-15/h5-6,9,12,15H,1-4,7-8,10-11,13,18H2. The van der Waals surface area contributed by atoms with Crippen molar-refractivity contribution < 1.29 is 4.74 Å². The Morgan fingerprint density at radius 2 is 1.84 bits per heavy atom. The molecule has 0 spiro atoms. The van der Waals surface area contributed by atoms with E-state index in [1.807, 2.05) is 0 Å². The lowest BCUT2D eigenvalue weighted by Gasteiger charge is -2.28. The summed E-state index contributed by atoms with van der Waals surface area (Å²) >= 11 is 0. The molecule has 104 valence electrons. The molecule has 1 aromatic rings. The molecule has 0 heterocycles. The summed E-state index contributed by atoms with van der Waals surface area (Å²) in [5.41, 5.74) is 7.68. The molecule has 2 fully saturated rings. The second-order valence-electron chi connectivity index (χ2n) is 6.24. The van der Waals surface area contributed by atoms with E-state index in [0.29, 0.717) is 6.10 Å². The van der Waals surface area contributed by atoms with Crippen LogP contribution in [0.2, 0.25) is 0 Å². The number of rotatable bonds is 4. The lowest BCUT2D eigenvalue weighted by molar-refractivity contribution is 0.209. The Bertz CT molecular complexity index is 417. The van der Waals surface area contributed by atoms with E-state index in [1.54, 1.807) is 0 Å². The van der Waals surface area contributed by atoms with Gasteiger partial charge < -0.3 is 10.5 Å². The monoisotopic (exact) mass is 259 g/mol. The summed E-state index contributed by atoms with van der Waals surface area (Å²) < 4.78 is 6.12. The fourth-order valence-electron chi connectivity index (χ4n) is 3.76. The van der Waals surface area contributed by atoms with Crippen LogP contribution in [0.4, 0.5) is 0 Å². The number of nitrogens with two attached hydrogens (primary N) is 1. The molecule has 19 heavy (non-hydrogen) atoms. The van der Waals surface area contributed by atoms with Crippen LogP contribution >= 0.6 is 0 Å². The molecule has 0 aromatic heterocycles. The molecule has 2 aliphatic rings. The van der Waals surface area contributed by atoms with Crippen molar-refractivity contribution in [2.45, 2.75) is 62.9 Å². The fraction of sp³-hybridized carbons (Fsp3) is 0.647. The van der Waals surface area contributed by atoms with Crippen LogP contribution in [0.25, 0.3) is 0 Å². The number of hydrogen-bond acceptors (Lipinski definition) is 2. The van der Waals surface area contributed by atoms with Crippen molar-refractivity contribution in [1.82, 2.24) is 0 Å². The molecule has 2 nitrogen and oxygen atoms in total. The van der Waals surface area contributed by atoms with Gasteiger partial charge in [0.1, 0.15) is 5.75 Å². The molecule has 0 amide bonds. The molecular formula is C17H25NO. The SMILES string of the molecule is NCC1(c2cccc(OC3CCCC3)c2)CCCC1. The first-order valence-electron chi connectivity index (χ1n) is 7.80. The van der Waals surface area contributed by atoms with Crippen LogP contribution in [0.3, 0.4) is 0 Å². The molecule has 0 saturated heterocycles. The van der Waals surface area contributed by atoms with Crippen molar-refractivity contribution in [2.24, 2.45) is 5.73 Å². The lowest BCUT2D eigenvalue weighted by atomic mass is 9.79. The van der Waals surface area contributed by atoms with Gasteiger partial charge in [-0.3, -0.25) is 0 Å². The molecule has 2 saturated carbocycles. The second-order valence-corrected chi connectivity index (χ2v) is 6.24. The van der Waals surface area contributed by atoms with E-state index in [9.17, 15) is 0 Å². The first-order chi connectivity index (χ1) is 9.32. The zero-order valence-corrected chi connectivity index (χ0v) is 11.7. The molecule has 2 aliphatic carbocycles. The Morgan fingerprint density at radius 3 is 2.53 bits per heavy atom. The summed E-state index contributed by atoms with van der Waals surface area (Å²) in [6, 6.07) is 8.71. The maximum Gasteiger partial charge on any atom is 0.120 e. The van der Waals surface area contributed by atoms with Crippen molar-refractivity contribution in [3.63, 3.8) is 0 Å². The fourth-order valence-corrected chi connectivity index (χ4v) is 3.76. The highest BCUT2D eigenvalue weighted by Gasteiger charge is 2.34. The highest BCUT2D eigenvalue weighted by molar-refractivity contribution is 5.35. The predicted molar refractivity (Wildman–Crippen MR) is 78.5 cm³/mol. The van der Waals surface area contributed by atoms with Gasteiger partial charge in [0.25, 0.3) is 0 Å². The maximum atomic E-state index is 6.12. The quantitative estimate of drug-likeness (QED) is 0.893. The van der Waals surface area contributed by atoms with E-state index in [4.69, 9.17) is 10.5 Å². The zero-order chi connectivity index (χ0) is 13.1. The van der Waals surface area contributed by atoms with Gasteiger partial charge >= 0.3 is 0 Å². The van der Waals surface area contributed by atoms with E-state index >= 15 is 0 Å². The van der Waals surface area contributed by atoms with E-state index in [2.05, 4.69) is 24.3 Å². The third kappa shape index (κ3) is 2.64. The van der Waals surface area contributed by atoms with Crippen LogP contribution in [0.5, 0.6) is 5.75 Å². The Kier molecular flexibility index (Phi) is 3.79. The van der Waals surface area contributed by atoms with Crippen LogP contribution in [-0.4, -0.2) is 12.6 Å². The predicted octanol–water partition coefficient (Wildman–Crippen LogP) is 3.78. The lowest BCUT2D eigenvalue weighted by Crippen LogP contribution is -2.32. The van der Waals surface area contributed by atoms with Crippen LogP contribution in [0, 0.1) is 0 Å². The summed E-state index contributed by atoms with van der Waals surface area (Å²) in [5.74, 6) is 1.05. The summed E-state index contributed by atoms with van der Waals surface area (Å²) in [6.45, 7) is 0.764. The normalized spacial score (nSPS) is 22.8. The van der Waals surface area contributed by atoms with Gasteiger partial charge in [0.2, 0.25) is 0 Å². The Hall–Kier alpha value is -1.02. The second kappa shape index (κ2) is 5.54. The van der Waals surface area contributed by atoms with E-state index < -0.39 is 0 Å². The van der Waals surface area contributed by atoms with Crippen molar-refractivity contribution >= 4 is 0 Å². The minimum Gasteiger partial charge on any atom is -0.490 e. The van der Waals surface area contributed by atoms with Crippen molar-refractivity contribution in [3.8, 4) is 5.75 Å². The molecule has 0 radical (unpaired) electrons. The van der Waals surface area contributed by atoms with E-state index in [-0.39, 0.29) is 5.41 Å². The molecule has 0 aliphatic heterocycles. The van der Waals surface area contributed by atoms with Gasteiger partial charge in [-0.2, -0.15) is 0 Å². The smallest absolute Gasteiger partial charge is 0.120 e. The number of ether oxygens (including phenoxy) is 1. The van der Waals surface area contributed by atoms with Gasteiger partial charge in [-0.1, -0.05) is 25.0 Å².